The first-order valence-electron chi connectivity index (χ1n) is 7.49. The van der Waals surface area contributed by atoms with Crippen LogP contribution in [0.15, 0.2) is 41.9 Å². The summed E-state index contributed by atoms with van der Waals surface area (Å²) in [6.07, 6.45) is 1.68. The van der Waals surface area contributed by atoms with Gasteiger partial charge in [-0.3, -0.25) is 10.1 Å². The maximum Gasteiger partial charge on any atom is 0.271 e. The lowest BCUT2D eigenvalue weighted by molar-refractivity contribution is -0.384. The molecule has 0 bridgehead atoms. The van der Waals surface area contributed by atoms with Gasteiger partial charge in [-0.05, 0) is 24.6 Å². The van der Waals surface area contributed by atoms with Crippen LogP contribution in [0, 0.1) is 17.0 Å². The minimum absolute atomic E-state index is 0.0236. The first-order chi connectivity index (χ1) is 12.5. The Balaban J connectivity index is 1.67. The number of thiazole rings is 1. The predicted octanol–water partition coefficient (Wildman–Crippen LogP) is 4.47. The largest absolute Gasteiger partial charge is 0.331 e. The Morgan fingerprint density at radius 1 is 1.31 bits per heavy atom. The van der Waals surface area contributed by atoms with Gasteiger partial charge in [0, 0.05) is 17.5 Å². The quantitative estimate of drug-likeness (QED) is 0.410. The van der Waals surface area contributed by atoms with Crippen molar-refractivity contribution in [3.05, 3.63) is 62.7 Å². The second-order valence-corrected chi connectivity index (χ2v) is 6.73. The summed E-state index contributed by atoms with van der Waals surface area (Å²) in [6.45, 7) is 1.87. The number of nitro groups is 1. The summed E-state index contributed by atoms with van der Waals surface area (Å²) >= 11 is 7.34. The highest BCUT2D eigenvalue weighted by Gasteiger charge is 2.13. The van der Waals surface area contributed by atoms with Crippen molar-refractivity contribution in [1.82, 2.24) is 19.6 Å². The van der Waals surface area contributed by atoms with Gasteiger partial charge in [0.15, 0.2) is 10.8 Å². The lowest BCUT2D eigenvalue weighted by Gasteiger charge is -2.06. The smallest absolute Gasteiger partial charge is 0.271 e. The number of nitrogens with one attached hydrogen (secondary N) is 1. The number of halogens is 1. The van der Waals surface area contributed by atoms with Crippen LogP contribution in [0.2, 0.25) is 5.15 Å². The Labute approximate surface area is 156 Å². The number of aromatic nitrogens is 4. The molecule has 0 aliphatic carbocycles. The van der Waals surface area contributed by atoms with Gasteiger partial charge in [-0.15, -0.1) is 11.3 Å². The summed E-state index contributed by atoms with van der Waals surface area (Å²) < 4.78 is 1.62. The van der Waals surface area contributed by atoms with E-state index in [9.17, 15) is 10.1 Å². The molecule has 0 atom stereocenters. The van der Waals surface area contributed by atoms with Crippen LogP contribution in [-0.4, -0.2) is 24.5 Å². The molecule has 8 nitrogen and oxygen atoms in total. The van der Waals surface area contributed by atoms with Gasteiger partial charge in [-0.2, -0.15) is 5.10 Å². The number of aryl methyl sites for hydroxylation is 1. The number of hydrogen-bond donors (Lipinski definition) is 1. The lowest BCUT2D eigenvalue weighted by Crippen LogP contribution is -1.96. The van der Waals surface area contributed by atoms with E-state index in [0.717, 1.165) is 5.56 Å². The average molecular weight is 387 g/mol. The van der Waals surface area contributed by atoms with E-state index in [2.05, 4.69) is 20.4 Å². The van der Waals surface area contributed by atoms with Crippen LogP contribution in [0.25, 0.3) is 17.0 Å². The Morgan fingerprint density at radius 2 is 2.15 bits per heavy atom. The van der Waals surface area contributed by atoms with Crippen LogP contribution in [0.4, 0.5) is 16.5 Å². The van der Waals surface area contributed by atoms with Crippen molar-refractivity contribution in [2.75, 3.05) is 5.32 Å². The van der Waals surface area contributed by atoms with Crippen molar-refractivity contribution >= 4 is 45.1 Å². The van der Waals surface area contributed by atoms with E-state index in [0.29, 0.717) is 33.0 Å². The van der Waals surface area contributed by atoms with Gasteiger partial charge in [-0.25, -0.2) is 14.5 Å². The first-order valence-corrected chi connectivity index (χ1v) is 8.75. The minimum atomic E-state index is -0.425. The van der Waals surface area contributed by atoms with Gasteiger partial charge in [0.25, 0.3) is 5.69 Å². The molecular formula is C16H11ClN6O2S. The summed E-state index contributed by atoms with van der Waals surface area (Å²) in [4.78, 5) is 19.4. The minimum Gasteiger partial charge on any atom is -0.331 e. The molecule has 4 aromatic rings. The van der Waals surface area contributed by atoms with Crippen LogP contribution in [0.3, 0.4) is 0 Å². The number of nitrogens with zero attached hydrogens (tertiary/aromatic N) is 5. The highest BCUT2D eigenvalue weighted by Crippen LogP contribution is 2.30. The van der Waals surface area contributed by atoms with Crippen LogP contribution in [-0.2, 0) is 0 Å². The lowest BCUT2D eigenvalue weighted by atomic mass is 10.2. The van der Waals surface area contributed by atoms with E-state index in [-0.39, 0.29) is 5.69 Å². The van der Waals surface area contributed by atoms with Crippen molar-refractivity contribution < 1.29 is 4.92 Å². The standard InChI is InChI=1S/C16H11ClN6O2S/c1-9-2-3-10(23(24)25)6-11(9)19-16-20-12(8-26-16)13-7-18-15-5-4-14(17)21-22(13)15/h2-8H,1H3,(H,19,20). The molecule has 0 spiro atoms. The molecule has 0 amide bonds. The molecular weight excluding hydrogens is 376 g/mol. The van der Waals surface area contributed by atoms with Crippen molar-refractivity contribution in [3.8, 4) is 11.4 Å². The maximum absolute atomic E-state index is 11.0. The van der Waals surface area contributed by atoms with Crippen LogP contribution in [0.5, 0.6) is 0 Å². The van der Waals surface area contributed by atoms with E-state index >= 15 is 0 Å². The second kappa shape index (κ2) is 6.36. The third kappa shape index (κ3) is 2.98. The van der Waals surface area contributed by atoms with E-state index in [1.165, 1.54) is 23.5 Å². The molecule has 10 heteroatoms. The molecule has 0 unspecified atom stereocenters. The number of nitro benzene ring substituents is 1. The zero-order valence-electron chi connectivity index (χ0n) is 13.4. The van der Waals surface area contributed by atoms with Crippen LogP contribution >= 0.6 is 22.9 Å². The number of hydrogen-bond acceptors (Lipinski definition) is 7. The molecule has 0 radical (unpaired) electrons. The summed E-state index contributed by atoms with van der Waals surface area (Å²) in [7, 11) is 0. The van der Waals surface area contributed by atoms with Gasteiger partial charge in [-0.1, -0.05) is 17.7 Å². The van der Waals surface area contributed by atoms with Gasteiger partial charge in [0.05, 0.1) is 16.8 Å². The molecule has 0 fully saturated rings. The molecule has 26 heavy (non-hydrogen) atoms. The van der Waals surface area contributed by atoms with Crippen molar-refractivity contribution in [1.29, 1.82) is 0 Å². The van der Waals surface area contributed by atoms with Crippen LogP contribution < -0.4 is 5.32 Å². The molecule has 4 rings (SSSR count). The molecule has 3 aromatic heterocycles. The summed E-state index contributed by atoms with van der Waals surface area (Å²) in [6, 6.07) is 8.11. The molecule has 0 aliphatic heterocycles. The molecule has 0 aliphatic rings. The Hall–Kier alpha value is -3.04. The third-order valence-electron chi connectivity index (χ3n) is 3.77. The Bertz CT molecular complexity index is 1140. The zero-order valence-corrected chi connectivity index (χ0v) is 15.0. The van der Waals surface area contributed by atoms with Crippen molar-refractivity contribution in [2.45, 2.75) is 6.92 Å². The number of anilines is 2. The average Bonchev–Trinajstić information content (AvgIpc) is 3.22. The summed E-state index contributed by atoms with van der Waals surface area (Å²) in [5.41, 5.74) is 3.61. The summed E-state index contributed by atoms with van der Waals surface area (Å²) in [5.74, 6) is 0. The number of rotatable bonds is 4. The molecule has 3 heterocycles. The fraction of sp³-hybridized carbons (Fsp3) is 0.0625. The highest BCUT2D eigenvalue weighted by atomic mass is 35.5. The topological polar surface area (TPSA) is 98.2 Å². The van der Waals surface area contributed by atoms with E-state index in [1.807, 2.05) is 12.3 Å². The van der Waals surface area contributed by atoms with Gasteiger partial charge < -0.3 is 5.32 Å². The van der Waals surface area contributed by atoms with Gasteiger partial charge in [0.2, 0.25) is 0 Å². The summed E-state index contributed by atoms with van der Waals surface area (Å²) in [5, 5.41) is 21.2. The number of benzene rings is 1. The third-order valence-corrected chi connectivity index (χ3v) is 4.73. The normalized spacial score (nSPS) is 11.0. The maximum atomic E-state index is 11.0. The first kappa shape index (κ1) is 16.4. The molecule has 130 valence electrons. The Kier molecular flexibility index (Phi) is 4.02. The van der Waals surface area contributed by atoms with Gasteiger partial charge >= 0.3 is 0 Å². The molecule has 0 saturated heterocycles. The molecule has 1 N–H and O–H groups in total. The SMILES string of the molecule is Cc1ccc([N+](=O)[O-])cc1Nc1nc(-c2cnc3ccc(Cl)nn23)cs1. The fourth-order valence-electron chi connectivity index (χ4n) is 2.45. The fourth-order valence-corrected chi connectivity index (χ4v) is 3.30. The van der Waals surface area contributed by atoms with Crippen molar-refractivity contribution in [3.63, 3.8) is 0 Å². The predicted molar refractivity (Wildman–Crippen MR) is 100 cm³/mol. The number of imidazole rings is 1. The number of non-ortho nitro benzene ring substituents is 1. The molecule has 0 saturated carbocycles. The second-order valence-electron chi connectivity index (χ2n) is 5.49. The Morgan fingerprint density at radius 3 is 2.96 bits per heavy atom. The van der Waals surface area contributed by atoms with E-state index in [1.54, 1.807) is 28.9 Å². The van der Waals surface area contributed by atoms with Crippen LogP contribution in [0.1, 0.15) is 5.56 Å². The van der Waals surface area contributed by atoms with Crippen molar-refractivity contribution in [2.24, 2.45) is 0 Å². The highest BCUT2D eigenvalue weighted by molar-refractivity contribution is 7.14. The van der Waals surface area contributed by atoms with Gasteiger partial charge in [0.1, 0.15) is 16.5 Å². The monoisotopic (exact) mass is 386 g/mol. The van der Waals surface area contributed by atoms with E-state index in [4.69, 9.17) is 11.6 Å². The zero-order chi connectivity index (χ0) is 18.3. The molecule has 1 aromatic carbocycles. The number of fused-ring (bicyclic) bond motifs is 1. The van der Waals surface area contributed by atoms with E-state index < -0.39 is 4.92 Å².